The molecule has 2 heterocycles. The number of carbonyl (C=O) groups excluding carboxylic acids is 1. The van der Waals surface area contributed by atoms with Crippen molar-refractivity contribution in [2.75, 3.05) is 31.1 Å². The van der Waals surface area contributed by atoms with Crippen LogP contribution in [0.2, 0.25) is 0 Å². The lowest BCUT2D eigenvalue weighted by Crippen LogP contribution is -2.31. The first-order chi connectivity index (χ1) is 12.1. The van der Waals surface area contributed by atoms with Crippen molar-refractivity contribution in [3.05, 3.63) is 47.3 Å². The van der Waals surface area contributed by atoms with E-state index in [1.165, 1.54) is 5.56 Å². The van der Waals surface area contributed by atoms with E-state index in [0.717, 1.165) is 44.8 Å². The lowest BCUT2D eigenvalue weighted by molar-refractivity contribution is 0.101. The molecule has 0 atom stereocenters. The second-order valence-corrected chi connectivity index (χ2v) is 6.54. The third kappa shape index (κ3) is 4.06. The summed E-state index contributed by atoms with van der Waals surface area (Å²) >= 11 is 0. The highest BCUT2D eigenvalue weighted by Gasteiger charge is 2.19. The largest absolute Gasteiger partial charge is 0.369 e. The van der Waals surface area contributed by atoms with Crippen molar-refractivity contribution in [1.82, 2.24) is 14.7 Å². The van der Waals surface area contributed by atoms with Gasteiger partial charge in [-0.1, -0.05) is 0 Å². The highest BCUT2D eigenvalue weighted by Crippen LogP contribution is 2.24. The predicted molar refractivity (Wildman–Crippen MR) is 96.5 cm³/mol. The third-order valence-corrected chi connectivity index (χ3v) is 4.62. The molecule has 1 aromatic carbocycles. The fourth-order valence-corrected chi connectivity index (χ4v) is 3.29. The molecule has 1 aliphatic heterocycles. The van der Waals surface area contributed by atoms with Gasteiger partial charge in [-0.25, -0.2) is 0 Å². The maximum atomic E-state index is 11.7. The normalized spacial score (nSPS) is 15.6. The average Bonchev–Trinajstić information content (AvgIpc) is 2.87. The summed E-state index contributed by atoms with van der Waals surface area (Å²) in [5.74, 6) is 0.0266. The van der Waals surface area contributed by atoms with E-state index in [9.17, 15) is 10.1 Å². The highest BCUT2D eigenvalue weighted by molar-refractivity contribution is 5.95. The zero-order chi connectivity index (χ0) is 17.8. The van der Waals surface area contributed by atoms with Crippen molar-refractivity contribution in [3.63, 3.8) is 0 Å². The van der Waals surface area contributed by atoms with E-state index in [1.54, 1.807) is 19.1 Å². The molecule has 25 heavy (non-hydrogen) atoms. The maximum Gasteiger partial charge on any atom is 0.159 e. The SMILES string of the molecule is CC(=O)c1ccc(C#N)c(N2CCCN(Cc3cnn(C)c3)CC2)c1. The van der Waals surface area contributed by atoms with E-state index >= 15 is 0 Å². The van der Waals surface area contributed by atoms with Crippen LogP contribution in [0.15, 0.2) is 30.6 Å². The lowest BCUT2D eigenvalue weighted by Gasteiger charge is -2.25. The first-order valence-electron chi connectivity index (χ1n) is 8.57. The number of Topliss-reactive ketones (excluding diaryl/α,β-unsaturated/α-hetero) is 1. The van der Waals surface area contributed by atoms with Crippen LogP contribution in [0, 0.1) is 11.3 Å². The minimum Gasteiger partial charge on any atom is -0.369 e. The Kier molecular flexibility index (Phi) is 5.15. The molecule has 1 aromatic heterocycles. The Labute approximate surface area is 148 Å². The first kappa shape index (κ1) is 17.2. The smallest absolute Gasteiger partial charge is 0.159 e. The summed E-state index contributed by atoms with van der Waals surface area (Å²) in [5, 5.41) is 13.6. The summed E-state index contributed by atoms with van der Waals surface area (Å²) in [7, 11) is 1.93. The van der Waals surface area contributed by atoms with E-state index in [2.05, 4.69) is 21.0 Å². The average molecular weight is 337 g/mol. The van der Waals surface area contributed by atoms with Crippen molar-refractivity contribution < 1.29 is 4.79 Å². The van der Waals surface area contributed by atoms with Gasteiger partial charge in [-0.3, -0.25) is 14.4 Å². The number of nitrogens with zero attached hydrogens (tertiary/aromatic N) is 5. The van der Waals surface area contributed by atoms with Gasteiger partial charge in [0.15, 0.2) is 5.78 Å². The molecular formula is C19H23N5O. The van der Waals surface area contributed by atoms with Gasteiger partial charge < -0.3 is 4.90 Å². The van der Waals surface area contributed by atoms with Crippen molar-refractivity contribution >= 4 is 11.5 Å². The van der Waals surface area contributed by atoms with Gasteiger partial charge in [0, 0.05) is 57.1 Å². The Morgan fingerprint density at radius 2 is 2.12 bits per heavy atom. The number of aryl methyl sites for hydroxylation is 1. The molecule has 1 fully saturated rings. The fraction of sp³-hybridized carbons (Fsp3) is 0.421. The molecule has 0 saturated carbocycles. The van der Waals surface area contributed by atoms with Gasteiger partial charge >= 0.3 is 0 Å². The topological polar surface area (TPSA) is 65.2 Å². The molecule has 0 spiro atoms. The van der Waals surface area contributed by atoms with Crippen LogP contribution in [0.5, 0.6) is 0 Å². The van der Waals surface area contributed by atoms with Crippen molar-refractivity contribution in [2.24, 2.45) is 7.05 Å². The number of aromatic nitrogens is 2. The Hall–Kier alpha value is -2.65. The number of benzene rings is 1. The number of ketones is 1. The summed E-state index contributed by atoms with van der Waals surface area (Å²) in [6.45, 7) is 6.11. The van der Waals surface area contributed by atoms with E-state index in [0.29, 0.717) is 11.1 Å². The summed E-state index contributed by atoms with van der Waals surface area (Å²) in [6, 6.07) is 7.60. The minimum atomic E-state index is 0.0266. The fourth-order valence-electron chi connectivity index (χ4n) is 3.29. The number of anilines is 1. The maximum absolute atomic E-state index is 11.7. The molecule has 130 valence electrons. The number of carbonyl (C=O) groups is 1. The molecule has 2 aromatic rings. The number of hydrogen-bond acceptors (Lipinski definition) is 5. The molecule has 3 rings (SSSR count). The molecular weight excluding hydrogens is 314 g/mol. The van der Waals surface area contributed by atoms with Crippen LogP contribution in [-0.2, 0) is 13.6 Å². The van der Waals surface area contributed by atoms with Gasteiger partial charge in [0.05, 0.1) is 17.4 Å². The highest BCUT2D eigenvalue weighted by atomic mass is 16.1. The molecule has 0 bridgehead atoms. The van der Waals surface area contributed by atoms with Crippen molar-refractivity contribution in [3.8, 4) is 6.07 Å². The molecule has 1 saturated heterocycles. The molecule has 6 nitrogen and oxygen atoms in total. The van der Waals surface area contributed by atoms with E-state index in [4.69, 9.17) is 0 Å². The quantitative estimate of drug-likeness (QED) is 0.800. The summed E-state index contributed by atoms with van der Waals surface area (Å²) < 4.78 is 1.83. The van der Waals surface area contributed by atoms with Crippen molar-refractivity contribution in [1.29, 1.82) is 5.26 Å². The second kappa shape index (κ2) is 7.49. The molecule has 1 aliphatic rings. The van der Waals surface area contributed by atoms with Gasteiger partial charge in [-0.15, -0.1) is 0 Å². The zero-order valence-corrected chi connectivity index (χ0v) is 14.8. The van der Waals surface area contributed by atoms with Gasteiger partial charge in [0.2, 0.25) is 0 Å². The molecule has 0 aliphatic carbocycles. The minimum absolute atomic E-state index is 0.0266. The zero-order valence-electron chi connectivity index (χ0n) is 14.8. The monoisotopic (exact) mass is 337 g/mol. The summed E-state index contributed by atoms with van der Waals surface area (Å²) in [4.78, 5) is 16.3. The van der Waals surface area contributed by atoms with Crippen LogP contribution < -0.4 is 4.90 Å². The number of hydrogen-bond donors (Lipinski definition) is 0. The number of rotatable bonds is 4. The molecule has 0 N–H and O–H groups in total. The molecule has 0 radical (unpaired) electrons. The van der Waals surface area contributed by atoms with Crippen LogP contribution >= 0.6 is 0 Å². The van der Waals surface area contributed by atoms with Crippen LogP contribution in [-0.4, -0.2) is 46.6 Å². The van der Waals surface area contributed by atoms with Gasteiger partial charge in [0.1, 0.15) is 6.07 Å². The van der Waals surface area contributed by atoms with Crippen LogP contribution in [0.25, 0.3) is 0 Å². The molecule has 0 amide bonds. The standard InChI is InChI=1S/C19H23N5O/c1-15(25)17-4-5-18(11-20)19(10-17)24-7-3-6-23(8-9-24)14-16-12-21-22(2)13-16/h4-5,10,12-13H,3,6-9,14H2,1-2H3. The lowest BCUT2D eigenvalue weighted by atomic mass is 10.1. The van der Waals surface area contributed by atoms with E-state index in [1.807, 2.05) is 30.2 Å². The first-order valence-corrected chi connectivity index (χ1v) is 8.57. The third-order valence-electron chi connectivity index (χ3n) is 4.62. The van der Waals surface area contributed by atoms with Crippen molar-refractivity contribution in [2.45, 2.75) is 19.9 Å². The van der Waals surface area contributed by atoms with Gasteiger partial charge in [-0.05, 0) is 31.5 Å². The summed E-state index contributed by atoms with van der Waals surface area (Å²) in [6.07, 6.45) is 4.98. The Bertz CT molecular complexity index is 804. The van der Waals surface area contributed by atoms with Crippen LogP contribution in [0.4, 0.5) is 5.69 Å². The molecule has 0 unspecified atom stereocenters. The Morgan fingerprint density at radius 1 is 1.28 bits per heavy atom. The number of nitriles is 1. The molecule has 6 heteroatoms. The Morgan fingerprint density at radius 3 is 2.80 bits per heavy atom. The Balaban J connectivity index is 1.73. The van der Waals surface area contributed by atoms with E-state index < -0.39 is 0 Å². The van der Waals surface area contributed by atoms with Crippen LogP contribution in [0.3, 0.4) is 0 Å². The van der Waals surface area contributed by atoms with Gasteiger partial charge in [-0.2, -0.15) is 10.4 Å². The summed E-state index contributed by atoms with van der Waals surface area (Å²) in [5.41, 5.74) is 3.38. The second-order valence-electron chi connectivity index (χ2n) is 6.54. The predicted octanol–water partition coefficient (Wildman–Crippen LogP) is 2.21. The van der Waals surface area contributed by atoms with Crippen LogP contribution in [0.1, 0.15) is 34.8 Å². The van der Waals surface area contributed by atoms with E-state index in [-0.39, 0.29) is 5.78 Å². The van der Waals surface area contributed by atoms with Gasteiger partial charge in [0.25, 0.3) is 0 Å².